The molecule has 0 atom stereocenters. The molecule has 5 heteroatoms. The summed E-state index contributed by atoms with van der Waals surface area (Å²) in [5, 5.41) is 8.51. The second kappa shape index (κ2) is 7.99. The molecule has 0 aliphatic rings. The van der Waals surface area contributed by atoms with Gasteiger partial charge >= 0.3 is 11.9 Å². The van der Waals surface area contributed by atoms with Gasteiger partial charge in [0.25, 0.3) is 0 Å². The minimum atomic E-state index is -0.845. The molecule has 0 bridgehead atoms. The Balaban J connectivity index is 3.86. The van der Waals surface area contributed by atoms with E-state index in [0.717, 1.165) is 0 Å². The highest BCUT2D eigenvalue weighted by atomic mass is 16.5. The van der Waals surface area contributed by atoms with Crippen molar-refractivity contribution in [2.75, 3.05) is 26.7 Å². The summed E-state index contributed by atoms with van der Waals surface area (Å²) in [5.41, 5.74) is 0. The third-order valence-corrected chi connectivity index (χ3v) is 1.89. The van der Waals surface area contributed by atoms with Crippen molar-refractivity contribution < 1.29 is 19.4 Å². The molecule has 86 valence electrons. The number of aliphatic carboxylic acids is 1. The van der Waals surface area contributed by atoms with E-state index in [1.54, 1.807) is 6.08 Å². The number of esters is 1. The molecule has 0 spiro atoms. The minimum Gasteiger partial charge on any atom is -0.481 e. The van der Waals surface area contributed by atoms with E-state index < -0.39 is 5.97 Å². The number of nitrogens with zero attached hydrogens (tertiary/aromatic N) is 1. The molecule has 15 heavy (non-hydrogen) atoms. The number of hydrogen-bond donors (Lipinski definition) is 1. The van der Waals surface area contributed by atoms with Gasteiger partial charge < -0.3 is 9.84 Å². The lowest BCUT2D eigenvalue weighted by atomic mass is 10.3. The summed E-state index contributed by atoms with van der Waals surface area (Å²) in [6.45, 7) is 5.05. The Kier molecular flexibility index (Phi) is 7.27. The van der Waals surface area contributed by atoms with Crippen LogP contribution in [0, 0.1) is 0 Å². The zero-order valence-electron chi connectivity index (χ0n) is 8.94. The van der Waals surface area contributed by atoms with Gasteiger partial charge in [-0.15, -0.1) is 6.58 Å². The summed E-state index contributed by atoms with van der Waals surface area (Å²) < 4.78 is 4.50. The van der Waals surface area contributed by atoms with E-state index in [4.69, 9.17) is 5.11 Å². The number of carboxylic acids is 1. The van der Waals surface area contributed by atoms with E-state index in [2.05, 4.69) is 11.3 Å². The predicted octanol–water partition coefficient (Wildman–Crippen LogP) is 0.512. The first kappa shape index (κ1) is 13.6. The topological polar surface area (TPSA) is 66.8 Å². The molecule has 0 aromatic rings. The molecule has 1 N–H and O–H groups in total. The Morgan fingerprint density at radius 1 is 1.40 bits per heavy atom. The molecular weight excluding hydrogens is 198 g/mol. The second-order valence-corrected chi connectivity index (χ2v) is 3.06. The smallest absolute Gasteiger partial charge is 0.306 e. The fourth-order valence-corrected chi connectivity index (χ4v) is 1.08. The molecule has 0 saturated carbocycles. The summed E-state index contributed by atoms with van der Waals surface area (Å²) >= 11 is 0. The zero-order valence-corrected chi connectivity index (χ0v) is 8.94. The third kappa shape index (κ3) is 7.69. The summed E-state index contributed by atoms with van der Waals surface area (Å²) in [6.07, 6.45) is 2.01. The fraction of sp³-hybridized carbons (Fsp3) is 0.600. The van der Waals surface area contributed by atoms with Crippen LogP contribution in [0.15, 0.2) is 12.7 Å². The van der Waals surface area contributed by atoms with Gasteiger partial charge in [-0.1, -0.05) is 6.08 Å². The summed E-state index contributed by atoms with van der Waals surface area (Å²) in [4.78, 5) is 23.1. The first-order valence-corrected chi connectivity index (χ1v) is 4.72. The van der Waals surface area contributed by atoms with Crippen molar-refractivity contribution in [2.24, 2.45) is 0 Å². The van der Waals surface area contributed by atoms with E-state index in [9.17, 15) is 9.59 Å². The lowest BCUT2D eigenvalue weighted by Crippen LogP contribution is -2.29. The number of carboxylic acid groups (broad SMARTS) is 1. The highest BCUT2D eigenvalue weighted by molar-refractivity contribution is 5.69. The van der Waals surface area contributed by atoms with Gasteiger partial charge in [0.05, 0.1) is 20.0 Å². The van der Waals surface area contributed by atoms with Gasteiger partial charge in [-0.2, -0.15) is 0 Å². The van der Waals surface area contributed by atoms with Crippen LogP contribution in [0.1, 0.15) is 12.8 Å². The van der Waals surface area contributed by atoms with Crippen molar-refractivity contribution in [1.82, 2.24) is 4.90 Å². The van der Waals surface area contributed by atoms with Gasteiger partial charge in [0.2, 0.25) is 0 Å². The lowest BCUT2D eigenvalue weighted by Gasteiger charge is -2.18. The maximum atomic E-state index is 10.9. The average molecular weight is 215 g/mol. The van der Waals surface area contributed by atoms with Crippen LogP contribution in [0.3, 0.4) is 0 Å². The molecule has 0 rings (SSSR count). The summed E-state index contributed by atoms with van der Waals surface area (Å²) in [7, 11) is 1.33. The maximum absolute atomic E-state index is 10.9. The second-order valence-electron chi connectivity index (χ2n) is 3.06. The summed E-state index contributed by atoms with van der Waals surface area (Å²) in [5.74, 6) is -1.14. The highest BCUT2D eigenvalue weighted by Crippen LogP contribution is 1.96. The van der Waals surface area contributed by atoms with E-state index in [1.807, 2.05) is 4.90 Å². The van der Waals surface area contributed by atoms with Gasteiger partial charge in [-0.25, -0.2) is 0 Å². The van der Waals surface area contributed by atoms with Crippen LogP contribution in [-0.4, -0.2) is 48.7 Å². The molecule has 0 heterocycles. The van der Waals surface area contributed by atoms with Crippen LogP contribution < -0.4 is 0 Å². The molecule has 5 nitrogen and oxygen atoms in total. The zero-order chi connectivity index (χ0) is 11.7. The Hall–Kier alpha value is -1.36. The van der Waals surface area contributed by atoms with E-state index in [-0.39, 0.29) is 18.8 Å². The van der Waals surface area contributed by atoms with E-state index in [1.165, 1.54) is 7.11 Å². The normalized spacial score (nSPS) is 10.0. The van der Waals surface area contributed by atoms with Gasteiger partial charge in [-0.3, -0.25) is 14.5 Å². The van der Waals surface area contributed by atoms with Crippen LogP contribution >= 0.6 is 0 Å². The Labute approximate surface area is 89.3 Å². The Morgan fingerprint density at radius 2 is 2.00 bits per heavy atom. The Morgan fingerprint density at radius 3 is 2.47 bits per heavy atom. The molecule has 0 fully saturated rings. The van der Waals surface area contributed by atoms with Gasteiger partial charge in [0, 0.05) is 19.6 Å². The quantitative estimate of drug-likeness (QED) is 0.472. The van der Waals surface area contributed by atoms with Crippen molar-refractivity contribution in [1.29, 1.82) is 0 Å². The highest BCUT2D eigenvalue weighted by Gasteiger charge is 2.08. The molecule has 0 saturated heterocycles. The number of rotatable bonds is 8. The average Bonchev–Trinajstić information content (AvgIpc) is 2.21. The van der Waals surface area contributed by atoms with Crippen molar-refractivity contribution in [2.45, 2.75) is 12.8 Å². The SMILES string of the molecule is C=CCN(CCC(=O)O)CCC(=O)OC. The minimum absolute atomic E-state index is 0.0645. The van der Waals surface area contributed by atoms with Crippen LogP contribution in [0.25, 0.3) is 0 Å². The van der Waals surface area contributed by atoms with Crippen molar-refractivity contribution in [3.8, 4) is 0 Å². The first-order valence-electron chi connectivity index (χ1n) is 4.72. The summed E-state index contributed by atoms with van der Waals surface area (Å²) in [6, 6.07) is 0. The molecule has 0 unspecified atom stereocenters. The van der Waals surface area contributed by atoms with Gasteiger partial charge in [-0.05, 0) is 0 Å². The number of ether oxygens (including phenoxy) is 1. The van der Waals surface area contributed by atoms with Crippen LogP contribution in [0.5, 0.6) is 0 Å². The molecular formula is C10H17NO4. The molecule has 0 aromatic heterocycles. The predicted molar refractivity (Wildman–Crippen MR) is 55.5 cm³/mol. The van der Waals surface area contributed by atoms with Crippen LogP contribution in [-0.2, 0) is 14.3 Å². The van der Waals surface area contributed by atoms with Crippen molar-refractivity contribution in [3.63, 3.8) is 0 Å². The fourth-order valence-electron chi connectivity index (χ4n) is 1.08. The monoisotopic (exact) mass is 215 g/mol. The third-order valence-electron chi connectivity index (χ3n) is 1.89. The molecule has 0 aromatic carbocycles. The maximum Gasteiger partial charge on any atom is 0.306 e. The van der Waals surface area contributed by atoms with Crippen LogP contribution in [0.4, 0.5) is 0 Å². The number of methoxy groups -OCH3 is 1. The van der Waals surface area contributed by atoms with Crippen molar-refractivity contribution >= 4 is 11.9 Å². The molecule has 0 aliphatic heterocycles. The van der Waals surface area contributed by atoms with Crippen LogP contribution in [0.2, 0.25) is 0 Å². The molecule has 0 amide bonds. The number of hydrogen-bond acceptors (Lipinski definition) is 4. The number of carbonyl (C=O) groups is 2. The van der Waals surface area contributed by atoms with Gasteiger partial charge in [0.1, 0.15) is 0 Å². The first-order chi connectivity index (χ1) is 7.10. The molecule has 0 aliphatic carbocycles. The lowest BCUT2D eigenvalue weighted by molar-refractivity contribution is -0.140. The van der Waals surface area contributed by atoms with Gasteiger partial charge in [0.15, 0.2) is 0 Å². The largest absolute Gasteiger partial charge is 0.481 e. The van der Waals surface area contributed by atoms with Crippen molar-refractivity contribution in [3.05, 3.63) is 12.7 Å². The van der Waals surface area contributed by atoms with E-state index >= 15 is 0 Å². The van der Waals surface area contributed by atoms with E-state index in [0.29, 0.717) is 19.6 Å². The Bertz CT molecular complexity index is 227. The standard InChI is InChI=1S/C10H17NO4/c1-3-6-11(7-4-9(12)13)8-5-10(14)15-2/h3H,1,4-8H2,2H3,(H,12,13). The molecule has 0 radical (unpaired) electrons. The number of carbonyl (C=O) groups excluding carboxylic acids is 1.